The summed E-state index contributed by atoms with van der Waals surface area (Å²) in [5, 5.41) is 8.72. The molecular weight excluding hydrogens is 126 g/mol. The third-order valence-electron chi connectivity index (χ3n) is 3.26. The summed E-state index contributed by atoms with van der Waals surface area (Å²) in [5.41, 5.74) is 0. The van der Waals surface area contributed by atoms with E-state index in [1.165, 1.54) is 6.42 Å². The Balaban J connectivity index is 1.93. The maximum atomic E-state index is 8.72. The third-order valence-corrected chi connectivity index (χ3v) is 3.26. The van der Waals surface area contributed by atoms with Crippen molar-refractivity contribution >= 4 is 0 Å². The minimum atomic E-state index is 0.328. The first-order chi connectivity index (χ1) is 4.90. The van der Waals surface area contributed by atoms with Gasteiger partial charge in [-0.05, 0) is 18.8 Å². The summed E-state index contributed by atoms with van der Waals surface area (Å²) in [5.74, 6) is 1.69. The fraction of sp³-hybridized carbons (Fsp3) is 0.875. The summed E-state index contributed by atoms with van der Waals surface area (Å²) >= 11 is 0. The average molecular weight is 135 g/mol. The van der Waals surface area contributed by atoms with Gasteiger partial charge < -0.3 is 4.74 Å². The van der Waals surface area contributed by atoms with Crippen LogP contribution in [0.25, 0.3) is 0 Å². The van der Waals surface area contributed by atoms with Crippen LogP contribution in [0.3, 0.4) is 0 Å². The van der Waals surface area contributed by atoms with Crippen LogP contribution >= 0.6 is 0 Å². The highest BCUT2D eigenvalue weighted by molar-refractivity contribution is 5.14. The van der Waals surface area contributed by atoms with Crippen molar-refractivity contribution < 1.29 is 4.74 Å². The van der Waals surface area contributed by atoms with Crippen molar-refractivity contribution in [2.24, 2.45) is 17.8 Å². The zero-order valence-electron chi connectivity index (χ0n) is 5.66. The molecule has 2 nitrogen and oxygen atoms in total. The van der Waals surface area contributed by atoms with E-state index in [9.17, 15) is 0 Å². The molecule has 5 atom stereocenters. The number of hydrogen-bond acceptors (Lipinski definition) is 2. The van der Waals surface area contributed by atoms with E-state index in [1.807, 2.05) is 0 Å². The van der Waals surface area contributed by atoms with Gasteiger partial charge in [-0.15, -0.1) is 0 Å². The van der Waals surface area contributed by atoms with Gasteiger partial charge in [0.15, 0.2) is 0 Å². The van der Waals surface area contributed by atoms with Crippen LogP contribution in [0.1, 0.15) is 12.8 Å². The predicted molar refractivity (Wildman–Crippen MR) is 34.0 cm³/mol. The quantitative estimate of drug-likeness (QED) is 0.463. The zero-order chi connectivity index (χ0) is 6.72. The van der Waals surface area contributed by atoms with Crippen LogP contribution in [-0.2, 0) is 4.74 Å². The van der Waals surface area contributed by atoms with Gasteiger partial charge in [0, 0.05) is 5.92 Å². The summed E-state index contributed by atoms with van der Waals surface area (Å²) in [7, 11) is 0. The van der Waals surface area contributed by atoms with Gasteiger partial charge in [-0.25, -0.2) is 0 Å². The number of rotatable bonds is 0. The minimum absolute atomic E-state index is 0.328. The first kappa shape index (κ1) is 5.15. The van der Waals surface area contributed by atoms with Crippen molar-refractivity contribution in [2.75, 3.05) is 0 Å². The molecule has 2 bridgehead atoms. The summed E-state index contributed by atoms with van der Waals surface area (Å²) in [4.78, 5) is 0. The van der Waals surface area contributed by atoms with Crippen LogP contribution in [0.15, 0.2) is 0 Å². The van der Waals surface area contributed by atoms with Crippen LogP contribution in [0.5, 0.6) is 0 Å². The number of ether oxygens (including phenoxy) is 1. The Morgan fingerprint density at radius 2 is 2.20 bits per heavy atom. The van der Waals surface area contributed by atoms with Gasteiger partial charge in [-0.1, -0.05) is 0 Å². The lowest BCUT2D eigenvalue weighted by atomic mass is 9.90. The molecule has 3 rings (SSSR count). The summed E-state index contributed by atoms with van der Waals surface area (Å²) in [6, 6.07) is 2.37. The lowest BCUT2D eigenvalue weighted by molar-refractivity contribution is 0.259. The molecule has 1 heterocycles. The van der Waals surface area contributed by atoms with E-state index in [0.29, 0.717) is 24.0 Å². The topological polar surface area (TPSA) is 36.3 Å². The van der Waals surface area contributed by atoms with Crippen LogP contribution in [0.4, 0.5) is 0 Å². The van der Waals surface area contributed by atoms with E-state index in [0.717, 1.165) is 12.3 Å². The molecular formula is C8H9NO. The van der Waals surface area contributed by atoms with Gasteiger partial charge in [-0.2, -0.15) is 5.26 Å². The lowest BCUT2D eigenvalue weighted by Crippen LogP contribution is -2.15. The molecule has 2 aliphatic carbocycles. The first-order valence-electron chi connectivity index (χ1n) is 3.95. The van der Waals surface area contributed by atoms with E-state index in [1.54, 1.807) is 0 Å². The molecule has 2 heteroatoms. The number of nitriles is 1. The molecule has 0 aromatic heterocycles. The molecule has 1 aliphatic heterocycles. The van der Waals surface area contributed by atoms with Crippen molar-refractivity contribution in [3.05, 3.63) is 0 Å². The van der Waals surface area contributed by atoms with Crippen molar-refractivity contribution in [2.45, 2.75) is 25.0 Å². The monoisotopic (exact) mass is 135 g/mol. The Hall–Kier alpha value is -0.550. The molecule has 0 aromatic carbocycles. The Kier molecular flexibility index (Phi) is 0.709. The highest BCUT2D eigenvalue weighted by atomic mass is 16.6. The molecule has 0 amide bonds. The van der Waals surface area contributed by atoms with Crippen molar-refractivity contribution in [3.63, 3.8) is 0 Å². The highest BCUT2D eigenvalue weighted by Crippen LogP contribution is 2.58. The smallest absolute Gasteiger partial charge is 0.0885 e. The second kappa shape index (κ2) is 1.38. The summed E-state index contributed by atoms with van der Waals surface area (Å²) in [6.45, 7) is 0. The van der Waals surface area contributed by atoms with Gasteiger partial charge in [-0.3, -0.25) is 0 Å². The van der Waals surface area contributed by atoms with Crippen LogP contribution < -0.4 is 0 Å². The molecule has 0 spiro atoms. The zero-order valence-corrected chi connectivity index (χ0v) is 5.66. The van der Waals surface area contributed by atoms with E-state index in [2.05, 4.69) is 6.07 Å². The van der Waals surface area contributed by atoms with Gasteiger partial charge >= 0.3 is 0 Å². The van der Waals surface area contributed by atoms with Gasteiger partial charge in [0.25, 0.3) is 0 Å². The van der Waals surface area contributed by atoms with Gasteiger partial charge in [0.2, 0.25) is 0 Å². The normalized spacial score (nSPS) is 61.7. The van der Waals surface area contributed by atoms with E-state index < -0.39 is 0 Å². The van der Waals surface area contributed by atoms with E-state index in [4.69, 9.17) is 10.00 Å². The van der Waals surface area contributed by atoms with Crippen LogP contribution in [0, 0.1) is 29.1 Å². The average Bonchev–Trinajstić information content (AvgIpc) is 2.58. The minimum Gasteiger partial charge on any atom is -0.369 e. The van der Waals surface area contributed by atoms with Crippen LogP contribution in [0.2, 0.25) is 0 Å². The maximum absolute atomic E-state index is 8.72. The second-order valence-electron chi connectivity index (χ2n) is 3.70. The maximum Gasteiger partial charge on any atom is 0.0885 e. The standard InChI is InChI=1S/C8H9NO/c9-3-5-1-4-2-6(5)8-7(4)10-8/h4-8H,1-2H2/t4?,5-,6?,7?,8?/m1/s1. The van der Waals surface area contributed by atoms with Crippen molar-refractivity contribution in [1.29, 1.82) is 5.26 Å². The summed E-state index contributed by atoms with van der Waals surface area (Å²) < 4.78 is 5.42. The SMILES string of the molecule is N#C[C@H]1CC2CC1C1OC21. The molecule has 3 fully saturated rings. The van der Waals surface area contributed by atoms with Crippen molar-refractivity contribution in [3.8, 4) is 6.07 Å². The molecule has 1 saturated heterocycles. The molecule has 52 valence electrons. The van der Waals surface area contributed by atoms with Crippen LogP contribution in [-0.4, -0.2) is 12.2 Å². The summed E-state index contributed by atoms with van der Waals surface area (Å²) in [6.07, 6.45) is 3.47. The molecule has 0 N–H and O–H groups in total. The Labute approximate surface area is 59.8 Å². The number of hydrogen-bond donors (Lipinski definition) is 0. The molecule has 0 aromatic rings. The molecule has 0 radical (unpaired) electrons. The molecule has 4 unspecified atom stereocenters. The molecule has 10 heavy (non-hydrogen) atoms. The number of fused-ring (bicyclic) bond motifs is 5. The fourth-order valence-electron chi connectivity index (χ4n) is 2.75. The Morgan fingerprint density at radius 1 is 1.30 bits per heavy atom. The Morgan fingerprint density at radius 3 is 2.80 bits per heavy atom. The fourth-order valence-corrected chi connectivity index (χ4v) is 2.75. The molecule has 3 aliphatic rings. The largest absolute Gasteiger partial charge is 0.369 e. The van der Waals surface area contributed by atoms with E-state index in [-0.39, 0.29) is 0 Å². The first-order valence-corrected chi connectivity index (χ1v) is 3.95. The Bertz CT molecular complexity index is 220. The predicted octanol–water partition coefficient (Wildman–Crippen LogP) is 0.933. The third kappa shape index (κ3) is 0.411. The second-order valence-corrected chi connectivity index (χ2v) is 3.70. The van der Waals surface area contributed by atoms with Crippen molar-refractivity contribution in [1.82, 2.24) is 0 Å². The molecule has 2 saturated carbocycles. The highest BCUT2D eigenvalue weighted by Gasteiger charge is 2.63. The van der Waals surface area contributed by atoms with Gasteiger partial charge in [0.05, 0.1) is 24.2 Å². The number of epoxide rings is 1. The lowest BCUT2D eigenvalue weighted by Gasteiger charge is -2.09. The van der Waals surface area contributed by atoms with Gasteiger partial charge in [0.1, 0.15) is 0 Å². The number of nitrogens with zero attached hydrogens (tertiary/aromatic N) is 1. The van der Waals surface area contributed by atoms with E-state index >= 15 is 0 Å².